The minimum absolute atomic E-state index is 0.00709. The van der Waals surface area contributed by atoms with Gasteiger partial charge in [0.05, 0.1) is 18.8 Å². The van der Waals surface area contributed by atoms with E-state index in [4.69, 9.17) is 14.2 Å². The van der Waals surface area contributed by atoms with E-state index in [2.05, 4.69) is 36.2 Å². The number of hydrogen-bond donors (Lipinski definition) is 1. The average Bonchev–Trinajstić information content (AvgIpc) is 3.37. The Kier molecular flexibility index (Phi) is 15.3. The van der Waals surface area contributed by atoms with Crippen molar-refractivity contribution in [3.8, 4) is 0 Å². The van der Waals surface area contributed by atoms with Gasteiger partial charge >= 0.3 is 0 Å². The number of allylic oxidation sites excluding steroid dienone is 13. The van der Waals surface area contributed by atoms with E-state index >= 15 is 0 Å². The minimum Gasteiger partial charge on any atom is -0.375 e. The molecule has 7 heteroatoms. The highest BCUT2D eigenvalue weighted by atomic mass is 19.1. The quantitative estimate of drug-likeness (QED) is 0.115. The van der Waals surface area contributed by atoms with E-state index < -0.39 is 0 Å². The van der Waals surface area contributed by atoms with Crippen molar-refractivity contribution >= 4 is 0 Å². The molecule has 5 nitrogen and oxygen atoms in total. The summed E-state index contributed by atoms with van der Waals surface area (Å²) in [4.78, 5) is 1.97. The Bertz CT molecular complexity index is 1180. The van der Waals surface area contributed by atoms with Gasteiger partial charge in [-0.1, -0.05) is 68.2 Å². The third-order valence-corrected chi connectivity index (χ3v) is 8.14. The molecule has 4 unspecified atom stereocenters. The first-order chi connectivity index (χ1) is 21.3. The molecular formula is C37H52F2N2O3. The smallest absolute Gasteiger partial charge is 0.127 e. The summed E-state index contributed by atoms with van der Waals surface area (Å²) in [5, 5.41) is 3.24. The van der Waals surface area contributed by atoms with E-state index in [0.717, 1.165) is 43.4 Å². The van der Waals surface area contributed by atoms with Crippen molar-refractivity contribution in [1.82, 2.24) is 10.2 Å². The van der Waals surface area contributed by atoms with Crippen LogP contribution in [0.3, 0.4) is 0 Å². The zero-order valence-corrected chi connectivity index (χ0v) is 27.2. The van der Waals surface area contributed by atoms with Gasteiger partial charge in [0.15, 0.2) is 0 Å². The molecule has 0 amide bonds. The van der Waals surface area contributed by atoms with Gasteiger partial charge in [-0.3, -0.25) is 5.32 Å². The van der Waals surface area contributed by atoms with Gasteiger partial charge in [0.2, 0.25) is 0 Å². The normalized spacial score (nSPS) is 26.4. The van der Waals surface area contributed by atoms with E-state index in [-0.39, 0.29) is 42.2 Å². The molecule has 242 valence electrons. The molecule has 0 aromatic rings. The number of likely N-dealkylation sites (N-methyl/N-ethyl adjacent to an activating group) is 1. The molecule has 6 atom stereocenters. The van der Waals surface area contributed by atoms with Gasteiger partial charge < -0.3 is 19.1 Å². The van der Waals surface area contributed by atoms with Crippen LogP contribution < -0.4 is 5.32 Å². The maximum atomic E-state index is 14.3. The van der Waals surface area contributed by atoms with E-state index in [0.29, 0.717) is 37.2 Å². The Hall–Kier alpha value is -2.84. The lowest BCUT2D eigenvalue weighted by atomic mass is 9.99. The highest BCUT2D eigenvalue weighted by molar-refractivity contribution is 5.51. The molecule has 0 aromatic carbocycles. The van der Waals surface area contributed by atoms with Gasteiger partial charge in [-0.15, -0.1) is 0 Å². The van der Waals surface area contributed by atoms with E-state index in [1.807, 2.05) is 69.3 Å². The lowest BCUT2D eigenvalue weighted by Gasteiger charge is -2.35. The molecule has 2 fully saturated rings. The summed E-state index contributed by atoms with van der Waals surface area (Å²) in [5.41, 5.74) is 2.71. The average molecular weight is 611 g/mol. The molecule has 2 heterocycles. The Labute approximate surface area is 264 Å². The third kappa shape index (κ3) is 11.3. The number of nitrogens with zero attached hydrogens (tertiary/aromatic N) is 1. The monoisotopic (exact) mass is 610 g/mol. The van der Waals surface area contributed by atoms with Crippen molar-refractivity contribution in [2.24, 2.45) is 11.8 Å². The van der Waals surface area contributed by atoms with Crippen LogP contribution in [-0.2, 0) is 14.2 Å². The molecular weight excluding hydrogens is 558 g/mol. The maximum absolute atomic E-state index is 14.3. The van der Waals surface area contributed by atoms with Crippen LogP contribution >= 0.6 is 0 Å². The fourth-order valence-electron chi connectivity index (χ4n) is 5.62. The third-order valence-electron chi connectivity index (χ3n) is 8.14. The summed E-state index contributed by atoms with van der Waals surface area (Å²) in [6.45, 7) is 11.2. The molecule has 0 saturated carbocycles. The van der Waals surface area contributed by atoms with Crippen LogP contribution in [0.4, 0.5) is 8.78 Å². The summed E-state index contributed by atoms with van der Waals surface area (Å²) in [6.07, 6.45) is 26.6. The molecule has 0 radical (unpaired) electrons. The van der Waals surface area contributed by atoms with Gasteiger partial charge in [-0.25, -0.2) is 8.78 Å². The van der Waals surface area contributed by atoms with Gasteiger partial charge in [-0.05, 0) is 75.4 Å². The summed E-state index contributed by atoms with van der Waals surface area (Å²) in [7, 11) is 3.79. The molecule has 0 aromatic heterocycles. The standard InChI is InChI=1S/C37H52F2N2O3/c1-7-11-29(17-19-37(40-5)44-36-26-43-33-15-10-20-42-35(36)23-33)25-41(6)32(24-38)21-28-13-9-14-30(18-16-28)31(12-8-2)22-34(39)27(3)4/h7,9,11-14,16-19,22,24,28-29,33,35-37,40H,3,8,10,15,20-21,23,25-26H2,1-2,4-6H3/b11-7-,19-17?,31-12+,32-24+,34-22+/t28?,29?,33-,35+,36?,37?/m1/s1. The predicted octanol–water partition coefficient (Wildman–Crippen LogP) is 8.20. The van der Waals surface area contributed by atoms with Crippen LogP contribution in [0.5, 0.6) is 0 Å². The van der Waals surface area contributed by atoms with Crippen LogP contribution in [0.25, 0.3) is 0 Å². The minimum atomic E-state index is -0.333. The van der Waals surface area contributed by atoms with Gasteiger partial charge in [0.25, 0.3) is 0 Å². The zero-order chi connectivity index (χ0) is 31.9. The Morgan fingerprint density at radius 3 is 2.77 bits per heavy atom. The van der Waals surface area contributed by atoms with Crippen molar-refractivity contribution in [2.75, 3.05) is 33.9 Å². The van der Waals surface area contributed by atoms with Gasteiger partial charge in [0.1, 0.15) is 24.5 Å². The fraction of sp³-hybridized carbons (Fsp3) is 0.514. The molecule has 1 N–H and O–H groups in total. The number of ether oxygens (including phenoxy) is 3. The molecule has 44 heavy (non-hydrogen) atoms. The molecule has 2 aliphatic heterocycles. The van der Waals surface area contributed by atoms with Gasteiger partial charge in [-0.2, -0.15) is 0 Å². The first-order valence-electron chi connectivity index (χ1n) is 16.0. The lowest BCUT2D eigenvalue weighted by Crippen LogP contribution is -2.46. The molecule has 3 rings (SSSR count). The molecule has 3 aliphatic rings. The molecule has 0 spiro atoms. The maximum Gasteiger partial charge on any atom is 0.127 e. The van der Waals surface area contributed by atoms with Crippen molar-refractivity contribution < 1.29 is 23.0 Å². The second kappa shape index (κ2) is 18.8. The fourth-order valence-corrected chi connectivity index (χ4v) is 5.62. The Balaban J connectivity index is 1.61. The topological polar surface area (TPSA) is 43.0 Å². The van der Waals surface area contributed by atoms with Crippen LogP contribution in [0.15, 0.2) is 108 Å². The molecule has 2 bridgehead atoms. The highest BCUT2D eigenvalue weighted by Gasteiger charge is 2.35. The van der Waals surface area contributed by atoms with Crippen molar-refractivity contribution in [2.45, 2.75) is 77.4 Å². The Morgan fingerprint density at radius 1 is 1.25 bits per heavy atom. The van der Waals surface area contributed by atoms with Gasteiger partial charge in [0, 0.05) is 44.2 Å². The molecule has 1 aliphatic carbocycles. The number of hydrogen-bond acceptors (Lipinski definition) is 5. The zero-order valence-electron chi connectivity index (χ0n) is 27.2. The number of fused-ring (bicyclic) bond motifs is 2. The number of rotatable bonds is 15. The second-order valence-electron chi connectivity index (χ2n) is 11.8. The van der Waals surface area contributed by atoms with E-state index in [1.165, 1.54) is 6.08 Å². The van der Waals surface area contributed by atoms with Crippen LogP contribution in [-0.4, -0.2) is 63.3 Å². The van der Waals surface area contributed by atoms with Crippen LogP contribution in [0, 0.1) is 11.8 Å². The van der Waals surface area contributed by atoms with Crippen LogP contribution in [0.2, 0.25) is 0 Å². The van der Waals surface area contributed by atoms with E-state index in [9.17, 15) is 8.78 Å². The number of nitrogens with one attached hydrogen (secondary N) is 1. The van der Waals surface area contributed by atoms with E-state index in [1.54, 1.807) is 6.92 Å². The Morgan fingerprint density at radius 2 is 2.07 bits per heavy atom. The molecule has 2 saturated heterocycles. The number of halogens is 2. The first-order valence-corrected chi connectivity index (χ1v) is 16.0. The summed E-state index contributed by atoms with van der Waals surface area (Å²) in [6, 6.07) is 0. The first kappa shape index (κ1) is 35.6. The summed E-state index contributed by atoms with van der Waals surface area (Å²) >= 11 is 0. The highest BCUT2D eigenvalue weighted by Crippen LogP contribution is 2.28. The van der Waals surface area contributed by atoms with Crippen molar-refractivity contribution in [3.63, 3.8) is 0 Å². The predicted molar refractivity (Wildman–Crippen MR) is 177 cm³/mol. The summed E-state index contributed by atoms with van der Waals surface area (Å²) in [5.74, 6) is -0.293. The second-order valence-corrected chi connectivity index (χ2v) is 11.8. The van der Waals surface area contributed by atoms with Crippen molar-refractivity contribution in [3.05, 3.63) is 108 Å². The van der Waals surface area contributed by atoms with Crippen molar-refractivity contribution in [1.29, 1.82) is 0 Å². The summed E-state index contributed by atoms with van der Waals surface area (Å²) < 4.78 is 47.0. The van der Waals surface area contributed by atoms with Crippen LogP contribution in [0.1, 0.15) is 52.9 Å². The SMILES string of the molecule is C=C(C)/C(F)=C\C(=C/CC)C1=CC=CC(C/C(=C\F)N(C)CC(C=CC(NC)OC2CO[C@@H]3CCCO[C@H]2C3)/C=C\C)C=C1. The largest absolute Gasteiger partial charge is 0.375 e. The lowest BCUT2D eigenvalue weighted by molar-refractivity contribution is -0.165.